The fourth-order valence-corrected chi connectivity index (χ4v) is 2.80. The van der Waals surface area contributed by atoms with Gasteiger partial charge in [0.2, 0.25) is 5.91 Å². The smallest absolute Gasteiger partial charge is 0.272 e. The van der Waals surface area contributed by atoms with Crippen molar-refractivity contribution >= 4 is 40.7 Å². The number of nitrogens with two attached hydrogens (primary N) is 1. The number of pyridine rings is 1. The number of aryl methyl sites for hydroxylation is 1. The van der Waals surface area contributed by atoms with E-state index in [-0.39, 0.29) is 30.0 Å². The third kappa shape index (κ3) is 3.43. The Morgan fingerprint density at radius 3 is 2.77 bits per heavy atom. The van der Waals surface area contributed by atoms with Gasteiger partial charge in [0.15, 0.2) is 17.2 Å². The Morgan fingerprint density at radius 1 is 1.35 bits per heavy atom. The highest BCUT2D eigenvalue weighted by atomic mass is 35.5. The molecule has 0 spiro atoms. The molecule has 0 radical (unpaired) electrons. The number of anilines is 3. The van der Waals surface area contributed by atoms with Crippen molar-refractivity contribution in [2.24, 2.45) is 0 Å². The Morgan fingerprint density at radius 2 is 2.08 bits per heavy atom. The van der Waals surface area contributed by atoms with E-state index in [2.05, 4.69) is 10.3 Å². The van der Waals surface area contributed by atoms with Crippen LogP contribution in [0.4, 0.5) is 17.3 Å². The van der Waals surface area contributed by atoms with E-state index >= 15 is 0 Å². The average Bonchev–Trinajstić information content (AvgIpc) is 2.56. The molecule has 3 N–H and O–H groups in total. The molecular weight excluding hydrogens is 356 g/mol. The first kappa shape index (κ1) is 18.0. The van der Waals surface area contributed by atoms with Crippen LogP contribution >= 0.6 is 11.6 Å². The molecule has 0 unspecified atom stereocenters. The van der Waals surface area contributed by atoms with Gasteiger partial charge in [-0.25, -0.2) is 4.98 Å². The van der Waals surface area contributed by atoms with E-state index in [1.54, 1.807) is 44.2 Å². The molecule has 8 heteroatoms. The van der Waals surface area contributed by atoms with E-state index in [4.69, 9.17) is 22.1 Å². The minimum atomic E-state index is -1.11. The minimum Gasteiger partial charge on any atom is -0.474 e. The second kappa shape index (κ2) is 6.49. The molecule has 136 valence electrons. The van der Waals surface area contributed by atoms with Gasteiger partial charge in [0, 0.05) is 10.7 Å². The third-order valence-electron chi connectivity index (χ3n) is 4.00. The first-order valence-electron chi connectivity index (χ1n) is 8.01. The van der Waals surface area contributed by atoms with Gasteiger partial charge in [-0.15, -0.1) is 0 Å². The fourth-order valence-electron chi connectivity index (χ4n) is 2.62. The second-order valence-electron chi connectivity index (χ2n) is 6.57. The van der Waals surface area contributed by atoms with Crippen LogP contribution in [0.3, 0.4) is 0 Å². The van der Waals surface area contributed by atoms with Crippen LogP contribution in [-0.2, 0) is 9.59 Å². The van der Waals surface area contributed by atoms with Crippen molar-refractivity contribution < 1.29 is 14.3 Å². The van der Waals surface area contributed by atoms with Crippen molar-refractivity contribution in [3.05, 3.63) is 40.9 Å². The molecule has 7 nitrogen and oxygen atoms in total. The number of nitrogens with zero attached hydrogens (tertiary/aromatic N) is 2. The van der Waals surface area contributed by atoms with Crippen LogP contribution in [0.25, 0.3) is 0 Å². The van der Waals surface area contributed by atoms with Gasteiger partial charge in [-0.3, -0.25) is 14.5 Å². The molecule has 3 rings (SSSR count). The lowest BCUT2D eigenvalue weighted by Gasteiger charge is -2.37. The van der Waals surface area contributed by atoms with Crippen molar-refractivity contribution in [2.75, 3.05) is 22.5 Å². The van der Waals surface area contributed by atoms with Gasteiger partial charge in [0.05, 0.1) is 0 Å². The van der Waals surface area contributed by atoms with Crippen molar-refractivity contribution in [1.29, 1.82) is 0 Å². The molecule has 1 aromatic carbocycles. The zero-order valence-electron chi connectivity index (χ0n) is 14.7. The number of carbonyl (C=O) groups is 2. The molecule has 2 heterocycles. The highest BCUT2D eigenvalue weighted by Crippen LogP contribution is 2.36. The average molecular weight is 375 g/mol. The van der Waals surface area contributed by atoms with E-state index < -0.39 is 5.60 Å². The van der Waals surface area contributed by atoms with Crippen molar-refractivity contribution in [3.8, 4) is 5.75 Å². The van der Waals surface area contributed by atoms with Gasteiger partial charge in [-0.2, -0.15) is 0 Å². The normalized spacial score (nSPS) is 15.2. The van der Waals surface area contributed by atoms with E-state index in [0.29, 0.717) is 16.5 Å². The summed E-state index contributed by atoms with van der Waals surface area (Å²) >= 11 is 6.08. The lowest BCUT2D eigenvalue weighted by atomic mass is 10.1. The van der Waals surface area contributed by atoms with Crippen LogP contribution in [0, 0.1) is 6.92 Å². The van der Waals surface area contributed by atoms with Crippen LogP contribution in [-0.4, -0.2) is 28.9 Å². The first-order chi connectivity index (χ1) is 12.2. The molecule has 1 aromatic heterocycles. The quantitative estimate of drug-likeness (QED) is 0.860. The summed E-state index contributed by atoms with van der Waals surface area (Å²) in [6, 6.07) is 8.42. The summed E-state index contributed by atoms with van der Waals surface area (Å²) in [7, 11) is 0. The maximum absolute atomic E-state index is 12.7. The predicted octanol–water partition coefficient (Wildman–Crippen LogP) is 2.77. The van der Waals surface area contributed by atoms with Gasteiger partial charge < -0.3 is 15.8 Å². The van der Waals surface area contributed by atoms with Gasteiger partial charge in [-0.1, -0.05) is 17.7 Å². The molecule has 2 amide bonds. The first-order valence-corrected chi connectivity index (χ1v) is 8.39. The number of hydrogen-bond donors (Lipinski definition) is 2. The molecule has 2 aromatic rings. The summed E-state index contributed by atoms with van der Waals surface area (Å²) in [5.41, 5.74) is 6.06. The van der Waals surface area contributed by atoms with E-state index in [9.17, 15) is 9.59 Å². The number of fused-ring (bicyclic) bond motifs is 1. The third-order valence-corrected chi connectivity index (χ3v) is 4.41. The number of carbonyl (C=O) groups excluding carboxylic acids is 2. The summed E-state index contributed by atoms with van der Waals surface area (Å²) in [6.45, 7) is 4.93. The topological polar surface area (TPSA) is 97.5 Å². The largest absolute Gasteiger partial charge is 0.474 e. The zero-order chi connectivity index (χ0) is 19.1. The molecule has 26 heavy (non-hydrogen) atoms. The number of halogens is 1. The lowest BCUT2D eigenvalue weighted by molar-refractivity contribution is -0.133. The van der Waals surface area contributed by atoms with Crippen molar-refractivity contribution in [1.82, 2.24) is 4.98 Å². The number of aromatic nitrogens is 1. The number of benzene rings is 1. The van der Waals surface area contributed by atoms with Gasteiger partial charge in [0.25, 0.3) is 5.91 Å². The standard InChI is InChI=1S/C18H19ClN4O3/c1-10-4-5-11(8-12(10)19)21-15(24)9-23-16-13(6-7-14(20)22-16)26-18(2,3)17(23)25/h4-8H,9H2,1-3H3,(H2,20,22)(H,21,24). The van der Waals surface area contributed by atoms with Gasteiger partial charge in [0.1, 0.15) is 12.4 Å². The molecule has 1 aliphatic rings. The number of ether oxygens (including phenoxy) is 1. The van der Waals surface area contributed by atoms with Gasteiger partial charge in [-0.05, 0) is 50.6 Å². The number of nitrogens with one attached hydrogen (secondary N) is 1. The molecule has 0 saturated heterocycles. The van der Waals surface area contributed by atoms with Crippen LogP contribution < -0.4 is 20.7 Å². The van der Waals surface area contributed by atoms with Crippen molar-refractivity contribution in [3.63, 3.8) is 0 Å². The lowest BCUT2D eigenvalue weighted by Crippen LogP contribution is -2.54. The van der Waals surface area contributed by atoms with E-state index in [1.165, 1.54) is 4.90 Å². The number of rotatable bonds is 3. The summed E-state index contributed by atoms with van der Waals surface area (Å²) < 4.78 is 5.69. The van der Waals surface area contributed by atoms with Crippen LogP contribution in [0.1, 0.15) is 19.4 Å². The molecule has 1 aliphatic heterocycles. The second-order valence-corrected chi connectivity index (χ2v) is 6.98. The molecule has 0 bridgehead atoms. The van der Waals surface area contributed by atoms with Crippen LogP contribution in [0.5, 0.6) is 5.75 Å². The van der Waals surface area contributed by atoms with Gasteiger partial charge >= 0.3 is 0 Å². The summed E-state index contributed by atoms with van der Waals surface area (Å²) in [5, 5.41) is 3.28. The highest BCUT2D eigenvalue weighted by Gasteiger charge is 2.42. The molecule has 0 saturated carbocycles. The number of amides is 2. The SMILES string of the molecule is Cc1ccc(NC(=O)CN2C(=O)C(C)(C)Oc3ccc(N)nc32)cc1Cl. The van der Waals surface area contributed by atoms with E-state index in [0.717, 1.165) is 5.56 Å². The maximum atomic E-state index is 12.7. The minimum absolute atomic E-state index is 0.222. The molecule has 0 atom stereocenters. The molecule has 0 aliphatic carbocycles. The Hall–Kier alpha value is -2.80. The Kier molecular flexibility index (Phi) is 4.50. The fraction of sp³-hybridized carbons (Fsp3) is 0.278. The summed E-state index contributed by atoms with van der Waals surface area (Å²) in [6.07, 6.45) is 0. The highest BCUT2D eigenvalue weighted by molar-refractivity contribution is 6.31. The molecule has 0 fully saturated rings. The number of hydrogen-bond acceptors (Lipinski definition) is 5. The monoisotopic (exact) mass is 374 g/mol. The Balaban J connectivity index is 1.85. The predicted molar refractivity (Wildman–Crippen MR) is 101 cm³/mol. The molecular formula is C18H19ClN4O3. The number of nitrogen functional groups attached to an aromatic ring is 1. The van der Waals surface area contributed by atoms with Crippen molar-refractivity contribution in [2.45, 2.75) is 26.4 Å². The Labute approximate surface area is 156 Å². The maximum Gasteiger partial charge on any atom is 0.272 e. The Bertz CT molecular complexity index is 898. The van der Waals surface area contributed by atoms with Crippen LogP contribution in [0.2, 0.25) is 5.02 Å². The summed E-state index contributed by atoms with van der Waals surface area (Å²) in [4.78, 5) is 30.6. The van der Waals surface area contributed by atoms with E-state index in [1.807, 2.05) is 6.92 Å². The van der Waals surface area contributed by atoms with Crippen LogP contribution in [0.15, 0.2) is 30.3 Å². The zero-order valence-corrected chi connectivity index (χ0v) is 15.4. The summed E-state index contributed by atoms with van der Waals surface area (Å²) in [5.74, 6) is 0.100.